The SMILES string of the molecule is COC(=O)[C@@H]1C(=O)C=C(Nc2ccc(F)cc2)C[C@H]1c1ccccc1. The summed E-state index contributed by atoms with van der Waals surface area (Å²) < 4.78 is 17.9. The molecule has 1 aliphatic carbocycles. The first-order chi connectivity index (χ1) is 12.1. The maximum absolute atomic E-state index is 13.0. The van der Waals surface area contributed by atoms with Crippen molar-refractivity contribution in [3.63, 3.8) is 0 Å². The lowest BCUT2D eigenvalue weighted by Crippen LogP contribution is -2.34. The van der Waals surface area contributed by atoms with Crippen molar-refractivity contribution < 1.29 is 18.7 Å². The van der Waals surface area contributed by atoms with E-state index in [9.17, 15) is 14.0 Å². The Labute approximate surface area is 145 Å². The number of ether oxygens (including phenoxy) is 1. The molecule has 0 aliphatic heterocycles. The topological polar surface area (TPSA) is 55.4 Å². The molecule has 0 unspecified atom stereocenters. The van der Waals surface area contributed by atoms with Gasteiger partial charge in [0.15, 0.2) is 5.78 Å². The Morgan fingerprint density at radius 1 is 1.12 bits per heavy atom. The monoisotopic (exact) mass is 339 g/mol. The van der Waals surface area contributed by atoms with Gasteiger partial charge in [0.2, 0.25) is 0 Å². The summed E-state index contributed by atoms with van der Waals surface area (Å²) in [6.07, 6.45) is 1.91. The average molecular weight is 339 g/mol. The standard InChI is InChI=1S/C20H18FNO3/c1-25-20(24)19-17(13-5-3-2-4-6-13)11-16(12-18(19)23)22-15-9-7-14(21)8-10-15/h2-10,12,17,19,22H,11H2,1H3/t17-,19-/m0/s1. The summed E-state index contributed by atoms with van der Waals surface area (Å²) >= 11 is 0. The van der Waals surface area contributed by atoms with Gasteiger partial charge in [-0.15, -0.1) is 0 Å². The molecule has 0 spiro atoms. The molecule has 25 heavy (non-hydrogen) atoms. The van der Waals surface area contributed by atoms with Crippen LogP contribution in [0.15, 0.2) is 66.4 Å². The smallest absolute Gasteiger partial charge is 0.317 e. The van der Waals surface area contributed by atoms with Crippen molar-refractivity contribution in [3.05, 3.63) is 77.8 Å². The minimum atomic E-state index is -0.855. The van der Waals surface area contributed by atoms with E-state index in [4.69, 9.17) is 4.74 Å². The number of esters is 1. The van der Waals surface area contributed by atoms with Crippen molar-refractivity contribution in [2.45, 2.75) is 12.3 Å². The van der Waals surface area contributed by atoms with Gasteiger partial charge in [-0.3, -0.25) is 9.59 Å². The molecular formula is C20H18FNO3. The largest absolute Gasteiger partial charge is 0.468 e. The van der Waals surface area contributed by atoms with E-state index in [0.29, 0.717) is 17.8 Å². The molecule has 0 aromatic heterocycles. The van der Waals surface area contributed by atoms with Gasteiger partial charge in [0.1, 0.15) is 11.7 Å². The Kier molecular flexibility index (Phi) is 4.93. The third kappa shape index (κ3) is 3.76. The van der Waals surface area contributed by atoms with Crippen molar-refractivity contribution in [1.82, 2.24) is 0 Å². The quantitative estimate of drug-likeness (QED) is 0.682. The number of carbonyl (C=O) groups excluding carboxylic acids is 2. The lowest BCUT2D eigenvalue weighted by Gasteiger charge is -2.29. The second kappa shape index (κ2) is 7.30. The molecule has 0 bridgehead atoms. The van der Waals surface area contributed by atoms with Crippen LogP contribution in [0, 0.1) is 11.7 Å². The predicted molar refractivity (Wildman–Crippen MR) is 92.4 cm³/mol. The van der Waals surface area contributed by atoms with E-state index >= 15 is 0 Å². The summed E-state index contributed by atoms with van der Waals surface area (Å²) in [5.41, 5.74) is 2.27. The molecule has 2 aromatic carbocycles. The Hall–Kier alpha value is -2.95. The Balaban J connectivity index is 1.90. The molecule has 4 nitrogen and oxygen atoms in total. The molecule has 0 amide bonds. The normalized spacial score (nSPS) is 19.9. The van der Waals surface area contributed by atoms with Crippen LogP contribution < -0.4 is 5.32 Å². The minimum absolute atomic E-state index is 0.295. The Bertz CT molecular complexity index is 799. The van der Waals surface area contributed by atoms with Crippen LogP contribution >= 0.6 is 0 Å². The van der Waals surface area contributed by atoms with Gasteiger partial charge >= 0.3 is 5.97 Å². The summed E-state index contributed by atoms with van der Waals surface area (Å²) in [6.45, 7) is 0. The van der Waals surface area contributed by atoms with E-state index in [1.807, 2.05) is 30.3 Å². The van der Waals surface area contributed by atoms with E-state index in [0.717, 1.165) is 5.56 Å². The van der Waals surface area contributed by atoms with Crippen LogP contribution in [0.25, 0.3) is 0 Å². The van der Waals surface area contributed by atoms with E-state index in [2.05, 4.69) is 5.32 Å². The first kappa shape index (κ1) is 16.9. The number of hydrogen-bond donors (Lipinski definition) is 1. The van der Waals surface area contributed by atoms with Crippen LogP contribution in [0.1, 0.15) is 17.9 Å². The lowest BCUT2D eigenvalue weighted by atomic mass is 9.76. The second-order valence-corrected chi connectivity index (χ2v) is 5.93. The van der Waals surface area contributed by atoms with Crippen molar-refractivity contribution in [1.29, 1.82) is 0 Å². The molecule has 1 aliphatic rings. The lowest BCUT2D eigenvalue weighted by molar-refractivity contribution is -0.149. The highest BCUT2D eigenvalue weighted by Crippen LogP contribution is 2.37. The first-order valence-electron chi connectivity index (χ1n) is 7.98. The van der Waals surface area contributed by atoms with Gasteiger partial charge in [-0.1, -0.05) is 30.3 Å². The summed E-state index contributed by atoms with van der Waals surface area (Å²) in [7, 11) is 1.29. The number of rotatable bonds is 4. The Morgan fingerprint density at radius 3 is 2.44 bits per heavy atom. The van der Waals surface area contributed by atoms with Crippen molar-refractivity contribution in [2.75, 3.05) is 12.4 Å². The molecule has 0 fully saturated rings. The molecule has 0 saturated heterocycles. The highest BCUT2D eigenvalue weighted by molar-refractivity contribution is 6.07. The summed E-state index contributed by atoms with van der Waals surface area (Å²) in [5, 5.41) is 3.14. The molecule has 5 heteroatoms. The highest BCUT2D eigenvalue weighted by Gasteiger charge is 2.39. The van der Waals surface area contributed by atoms with E-state index in [-0.39, 0.29) is 17.5 Å². The Morgan fingerprint density at radius 2 is 1.80 bits per heavy atom. The van der Waals surface area contributed by atoms with Crippen LogP contribution in [0.2, 0.25) is 0 Å². The van der Waals surface area contributed by atoms with Gasteiger partial charge in [0.25, 0.3) is 0 Å². The van der Waals surface area contributed by atoms with E-state index < -0.39 is 11.9 Å². The number of hydrogen-bond acceptors (Lipinski definition) is 4. The molecule has 0 radical (unpaired) electrons. The number of halogens is 1. The number of nitrogens with one attached hydrogen (secondary N) is 1. The summed E-state index contributed by atoms with van der Waals surface area (Å²) in [5.74, 6) is -2.32. The molecule has 2 atom stereocenters. The van der Waals surface area contributed by atoms with Crippen LogP contribution in [-0.2, 0) is 14.3 Å². The fourth-order valence-corrected chi connectivity index (χ4v) is 3.10. The minimum Gasteiger partial charge on any atom is -0.468 e. The summed E-state index contributed by atoms with van der Waals surface area (Å²) in [6, 6.07) is 15.3. The second-order valence-electron chi connectivity index (χ2n) is 5.93. The zero-order chi connectivity index (χ0) is 17.8. The molecule has 2 aromatic rings. The van der Waals surface area contributed by atoms with Gasteiger partial charge < -0.3 is 10.1 Å². The fraction of sp³-hybridized carbons (Fsp3) is 0.200. The molecule has 0 heterocycles. The third-order valence-corrected chi connectivity index (χ3v) is 4.30. The number of carbonyl (C=O) groups is 2. The van der Waals surface area contributed by atoms with Crippen LogP contribution in [0.5, 0.6) is 0 Å². The summed E-state index contributed by atoms with van der Waals surface area (Å²) in [4.78, 5) is 24.7. The van der Waals surface area contributed by atoms with Gasteiger partial charge in [-0.25, -0.2) is 4.39 Å². The van der Waals surface area contributed by atoms with Gasteiger partial charge in [-0.05, 0) is 36.2 Å². The highest BCUT2D eigenvalue weighted by atomic mass is 19.1. The van der Waals surface area contributed by atoms with Gasteiger partial charge in [0, 0.05) is 23.4 Å². The van der Waals surface area contributed by atoms with Gasteiger partial charge in [-0.2, -0.15) is 0 Å². The molecular weight excluding hydrogens is 321 g/mol. The number of ketones is 1. The van der Waals surface area contributed by atoms with Crippen LogP contribution in [-0.4, -0.2) is 18.9 Å². The van der Waals surface area contributed by atoms with Gasteiger partial charge in [0.05, 0.1) is 7.11 Å². The number of benzene rings is 2. The third-order valence-electron chi connectivity index (χ3n) is 4.30. The van der Waals surface area contributed by atoms with Crippen molar-refractivity contribution in [2.24, 2.45) is 5.92 Å². The van der Waals surface area contributed by atoms with Crippen molar-refractivity contribution in [3.8, 4) is 0 Å². The zero-order valence-corrected chi connectivity index (χ0v) is 13.7. The molecule has 128 valence electrons. The van der Waals surface area contributed by atoms with Crippen molar-refractivity contribution >= 4 is 17.4 Å². The molecule has 0 saturated carbocycles. The van der Waals surface area contributed by atoms with E-state index in [1.54, 1.807) is 12.1 Å². The molecule has 3 rings (SSSR count). The van der Waals surface area contributed by atoms with Crippen LogP contribution in [0.3, 0.4) is 0 Å². The maximum atomic E-state index is 13.0. The number of methoxy groups -OCH3 is 1. The van der Waals surface area contributed by atoms with Crippen LogP contribution in [0.4, 0.5) is 10.1 Å². The maximum Gasteiger partial charge on any atom is 0.317 e. The fourth-order valence-electron chi connectivity index (χ4n) is 3.10. The first-order valence-corrected chi connectivity index (χ1v) is 7.98. The predicted octanol–water partition coefficient (Wildman–Crippen LogP) is 3.67. The van der Waals surface area contributed by atoms with E-state index in [1.165, 1.54) is 25.3 Å². The average Bonchev–Trinajstić information content (AvgIpc) is 2.63. The number of allylic oxidation sites excluding steroid dienone is 2. The zero-order valence-electron chi connectivity index (χ0n) is 13.7. The molecule has 1 N–H and O–H groups in total. The number of anilines is 1.